The molecule has 308 valence electrons. The van der Waals surface area contributed by atoms with Crippen LogP contribution >= 0.6 is 0 Å². The van der Waals surface area contributed by atoms with Gasteiger partial charge in [0.2, 0.25) is 11.9 Å². The largest absolute Gasteiger partial charge is 0.369 e. The number of hydrogen-bond acceptors (Lipinski definition) is 8. The van der Waals surface area contributed by atoms with Crippen molar-refractivity contribution < 1.29 is 27.4 Å². The summed E-state index contributed by atoms with van der Waals surface area (Å²) in [5.74, 6) is 0.698. The van der Waals surface area contributed by atoms with Crippen LogP contribution in [0.4, 0.5) is 20.5 Å². The summed E-state index contributed by atoms with van der Waals surface area (Å²) in [4.78, 5) is 35.2. The zero-order valence-corrected chi connectivity index (χ0v) is 33.4. The topological polar surface area (TPSA) is 169 Å². The molecule has 12 nitrogen and oxygen atoms in total. The maximum Gasteiger partial charge on any atom is 0.253 e. The molecule has 2 unspecified atom stereocenters. The normalized spacial score (nSPS) is 16.0. The molecule has 14 heteroatoms. The van der Waals surface area contributed by atoms with Gasteiger partial charge in [-0.1, -0.05) is 109 Å². The van der Waals surface area contributed by atoms with Crippen LogP contribution in [-0.2, 0) is 9.59 Å². The van der Waals surface area contributed by atoms with E-state index in [1.807, 2.05) is 79.4 Å². The van der Waals surface area contributed by atoms with Gasteiger partial charge in [0.1, 0.15) is 17.4 Å². The van der Waals surface area contributed by atoms with Crippen LogP contribution in [-0.4, -0.2) is 63.4 Å². The predicted molar refractivity (Wildman–Crippen MR) is 226 cm³/mol. The lowest BCUT2D eigenvalue weighted by Gasteiger charge is -2.26. The molecular weight excluding hydrogens is 767 g/mol. The summed E-state index contributed by atoms with van der Waals surface area (Å²) in [6.07, 6.45) is 3.24. The van der Waals surface area contributed by atoms with Crippen LogP contribution in [0.25, 0.3) is 22.3 Å². The van der Waals surface area contributed by atoms with Crippen molar-refractivity contribution >= 4 is 35.4 Å². The fourth-order valence-corrected chi connectivity index (χ4v) is 7.10. The fourth-order valence-electron chi connectivity index (χ4n) is 7.10. The zero-order valence-electron chi connectivity index (χ0n) is 33.4. The minimum atomic E-state index is -0.248. The molecule has 6 aromatic rings. The number of halogens is 2. The Bertz CT molecular complexity index is 2490. The molecule has 1 amide bonds. The third kappa shape index (κ3) is 9.83. The molecule has 8 rings (SSSR count). The zero-order chi connectivity index (χ0) is 42.2. The fraction of sp³-hybridized carbons (Fsp3) is 0.261. The number of piperidine rings is 2. The van der Waals surface area contributed by atoms with Gasteiger partial charge in [0.15, 0.2) is 5.96 Å². The van der Waals surface area contributed by atoms with E-state index in [1.54, 1.807) is 36.4 Å². The van der Waals surface area contributed by atoms with E-state index in [1.165, 1.54) is 17.0 Å². The van der Waals surface area contributed by atoms with Crippen LogP contribution in [0.2, 0.25) is 0 Å². The van der Waals surface area contributed by atoms with Gasteiger partial charge in [-0.05, 0) is 47.2 Å². The van der Waals surface area contributed by atoms with Crippen molar-refractivity contribution in [3.8, 4) is 22.3 Å². The van der Waals surface area contributed by atoms with Gasteiger partial charge in [-0.3, -0.25) is 14.5 Å². The van der Waals surface area contributed by atoms with Crippen LogP contribution in [0, 0.1) is 11.6 Å². The summed E-state index contributed by atoms with van der Waals surface area (Å²) in [7, 11) is 0. The van der Waals surface area contributed by atoms with Gasteiger partial charge < -0.3 is 25.4 Å². The average Bonchev–Trinajstić information content (AvgIpc) is 3.94. The van der Waals surface area contributed by atoms with E-state index in [0.29, 0.717) is 67.6 Å². The van der Waals surface area contributed by atoms with E-state index in [0.717, 1.165) is 40.8 Å². The molecule has 2 aliphatic heterocycles. The number of nitrogens with two attached hydrogens (primary N) is 2. The lowest BCUT2D eigenvalue weighted by Crippen LogP contribution is -2.44. The van der Waals surface area contributed by atoms with Crippen LogP contribution in [0.3, 0.4) is 0 Å². The van der Waals surface area contributed by atoms with Crippen molar-refractivity contribution in [2.24, 2.45) is 21.5 Å². The van der Waals surface area contributed by atoms with Gasteiger partial charge in [-0.15, -0.1) is 0 Å². The second-order valence-corrected chi connectivity index (χ2v) is 14.8. The molecule has 4 aromatic carbocycles. The van der Waals surface area contributed by atoms with Gasteiger partial charge in [0.25, 0.3) is 11.8 Å². The molecule has 0 bridgehead atoms. The molecule has 4 N–H and O–H groups in total. The molecule has 2 aliphatic rings. The van der Waals surface area contributed by atoms with E-state index < -0.39 is 0 Å². The van der Waals surface area contributed by atoms with Gasteiger partial charge in [-0.25, -0.2) is 8.78 Å². The lowest BCUT2D eigenvalue weighted by atomic mass is 9.95. The summed E-state index contributed by atoms with van der Waals surface area (Å²) < 4.78 is 38.6. The minimum Gasteiger partial charge on any atom is -0.369 e. The Morgan fingerprint density at radius 1 is 0.633 bits per heavy atom. The second kappa shape index (κ2) is 18.7. The number of benzene rings is 4. The van der Waals surface area contributed by atoms with E-state index in [2.05, 4.69) is 20.3 Å². The Morgan fingerprint density at radius 3 is 1.57 bits per heavy atom. The smallest absolute Gasteiger partial charge is 0.253 e. The van der Waals surface area contributed by atoms with Crippen LogP contribution in [0.1, 0.15) is 80.3 Å². The first-order chi connectivity index (χ1) is 29.0. The second-order valence-electron chi connectivity index (χ2n) is 14.8. The molecule has 60 heavy (non-hydrogen) atoms. The van der Waals surface area contributed by atoms with Crippen molar-refractivity contribution in [1.82, 2.24) is 20.1 Å². The summed E-state index contributed by atoms with van der Waals surface area (Å²) in [6, 6.07) is 32.3. The lowest BCUT2D eigenvalue weighted by molar-refractivity contribution is -0.129. The van der Waals surface area contributed by atoms with Crippen LogP contribution in [0.5, 0.6) is 0 Å². The molecule has 2 atom stereocenters. The SMILES string of the molecule is CC(c1ccc(-c2ccccc2F)cc1)c1cc(N=C(N)N2CCC(=O)CC2)on1.CC(c1ccc(-c2ccccc2F)cc1)c1cc(N=C(N)N2CCCCC2=O)on1. The number of rotatable bonds is 8. The molecule has 2 fully saturated rings. The predicted octanol–water partition coefficient (Wildman–Crippen LogP) is 8.83. The van der Waals surface area contributed by atoms with E-state index in [-0.39, 0.29) is 47.0 Å². The Kier molecular flexibility index (Phi) is 12.9. The average molecular weight is 813 g/mol. The Morgan fingerprint density at radius 2 is 1.10 bits per heavy atom. The first-order valence-electron chi connectivity index (χ1n) is 19.9. The van der Waals surface area contributed by atoms with Gasteiger partial charge >= 0.3 is 0 Å². The molecule has 0 radical (unpaired) electrons. The number of aliphatic imine (C=N–C) groups is 2. The number of aromatic nitrogens is 2. The molecule has 0 saturated carbocycles. The Hall–Kier alpha value is -6.96. The van der Waals surface area contributed by atoms with Crippen molar-refractivity contribution in [3.05, 3.63) is 143 Å². The van der Waals surface area contributed by atoms with Crippen molar-refractivity contribution in [1.29, 1.82) is 0 Å². The Labute approximate surface area is 346 Å². The number of likely N-dealkylation sites (tertiary alicyclic amines) is 2. The van der Waals surface area contributed by atoms with Gasteiger partial charge in [0.05, 0.1) is 11.4 Å². The number of carbonyl (C=O) groups is 2. The number of amides is 1. The molecule has 2 aromatic heterocycles. The number of hydrogen-bond donors (Lipinski definition) is 2. The number of carbonyl (C=O) groups excluding carboxylic acids is 2. The highest BCUT2D eigenvalue weighted by molar-refractivity contribution is 5.97. The van der Waals surface area contributed by atoms with Crippen LogP contribution in [0.15, 0.2) is 128 Å². The minimum absolute atomic E-state index is 0.0226. The van der Waals surface area contributed by atoms with Crippen molar-refractivity contribution in [2.75, 3.05) is 19.6 Å². The summed E-state index contributed by atoms with van der Waals surface area (Å²) >= 11 is 0. The van der Waals surface area contributed by atoms with Gasteiger partial charge in [0, 0.05) is 74.0 Å². The van der Waals surface area contributed by atoms with E-state index in [4.69, 9.17) is 20.5 Å². The maximum atomic E-state index is 14.0. The summed E-state index contributed by atoms with van der Waals surface area (Å²) in [5.41, 5.74) is 18.3. The van der Waals surface area contributed by atoms with Gasteiger partial charge in [-0.2, -0.15) is 9.98 Å². The number of guanidine groups is 2. The van der Waals surface area contributed by atoms with Crippen molar-refractivity contribution in [3.63, 3.8) is 0 Å². The third-order valence-electron chi connectivity index (χ3n) is 10.8. The Balaban J connectivity index is 0.000000181. The molecular formula is C46H46F2N8O4. The quantitative estimate of drug-likeness (QED) is 0.113. The highest BCUT2D eigenvalue weighted by Gasteiger charge is 2.23. The number of nitrogens with zero attached hydrogens (tertiary/aromatic N) is 6. The summed E-state index contributed by atoms with van der Waals surface area (Å²) in [5, 5.41) is 8.23. The molecule has 0 aliphatic carbocycles. The number of Topliss-reactive ketones (excluding diaryl/α,β-unsaturated/α-hetero) is 1. The standard InChI is InChI=1S/2C23H23FN4O2/c1-15(16-9-11-17(12-10-16)18-6-2-3-7-19(18)24)20-14-21(30-27-20)26-23(25)28-13-5-4-8-22(28)29;1-15(16-6-8-17(9-7-16)19-4-2-3-5-20(19)24)21-14-22(30-27-21)26-23(25)28-12-10-18(29)11-13-28/h2-3,6-7,9-12,14-15H,4-5,8,13H2,1H3,(H2,25,26);2-9,14-15H,10-13H2,1H3,(H2,25,26). The molecule has 4 heterocycles. The van der Waals surface area contributed by atoms with E-state index >= 15 is 0 Å². The molecule has 0 spiro atoms. The first-order valence-corrected chi connectivity index (χ1v) is 19.9. The number of ketones is 1. The first kappa shape index (κ1) is 41.2. The summed E-state index contributed by atoms with van der Waals surface area (Å²) in [6.45, 7) is 5.73. The van der Waals surface area contributed by atoms with E-state index in [9.17, 15) is 18.4 Å². The highest BCUT2D eigenvalue weighted by atomic mass is 19.1. The maximum absolute atomic E-state index is 14.0. The van der Waals surface area contributed by atoms with Crippen molar-refractivity contribution in [2.45, 2.75) is 57.8 Å². The monoisotopic (exact) mass is 812 g/mol. The highest BCUT2D eigenvalue weighted by Crippen LogP contribution is 2.31. The molecule has 2 saturated heterocycles. The third-order valence-corrected chi connectivity index (χ3v) is 10.8. The van der Waals surface area contributed by atoms with Crippen LogP contribution < -0.4 is 11.5 Å².